The van der Waals surface area contributed by atoms with Gasteiger partial charge in [-0.1, -0.05) is 6.42 Å². The van der Waals surface area contributed by atoms with Crippen LogP contribution >= 0.6 is 0 Å². The van der Waals surface area contributed by atoms with Crippen molar-refractivity contribution >= 4 is 11.8 Å². The fourth-order valence-corrected chi connectivity index (χ4v) is 3.41. The summed E-state index contributed by atoms with van der Waals surface area (Å²) in [5.74, 6) is 2.01. The van der Waals surface area contributed by atoms with Gasteiger partial charge in [-0.25, -0.2) is 19.9 Å². The van der Waals surface area contributed by atoms with Gasteiger partial charge in [-0.15, -0.1) is 0 Å². The van der Waals surface area contributed by atoms with Gasteiger partial charge in [0, 0.05) is 36.9 Å². The molecule has 26 heavy (non-hydrogen) atoms. The van der Waals surface area contributed by atoms with Crippen LogP contribution in [-0.4, -0.2) is 41.6 Å². The molecule has 0 aromatic carbocycles. The summed E-state index contributed by atoms with van der Waals surface area (Å²) in [7, 11) is 0. The van der Waals surface area contributed by atoms with Gasteiger partial charge in [0.15, 0.2) is 0 Å². The highest BCUT2D eigenvalue weighted by Crippen LogP contribution is 2.32. The zero-order valence-electron chi connectivity index (χ0n) is 14.8. The van der Waals surface area contributed by atoms with Crippen LogP contribution in [0.3, 0.4) is 0 Å². The number of H-pyrrole nitrogens is 1. The third-order valence-corrected chi connectivity index (χ3v) is 4.55. The fraction of sp³-hybridized carbons (Fsp3) is 0.389. The Morgan fingerprint density at radius 1 is 1.19 bits per heavy atom. The molecule has 8 nitrogen and oxygen atoms in total. The quantitative estimate of drug-likeness (QED) is 0.730. The summed E-state index contributed by atoms with van der Waals surface area (Å²) in [5, 5.41) is 10.3. The summed E-state index contributed by atoms with van der Waals surface area (Å²) in [5.41, 5.74) is 2.16. The summed E-state index contributed by atoms with van der Waals surface area (Å²) in [6.07, 6.45) is 8.71. The summed E-state index contributed by atoms with van der Waals surface area (Å²) < 4.78 is 0. The Kier molecular flexibility index (Phi) is 4.83. The molecule has 1 atom stereocenters. The first-order chi connectivity index (χ1) is 12.8. The minimum absolute atomic E-state index is 0.269. The number of aromatic amines is 1. The largest absolute Gasteiger partial charge is 0.309 e. The van der Waals surface area contributed by atoms with Gasteiger partial charge in [0.25, 0.3) is 0 Å². The van der Waals surface area contributed by atoms with Crippen LogP contribution in [0.15, 0.2) is 36.8 Å². The summed E-state index contributed by atoms with van der Waals surface area (Å²) in [6, 6.07) is 6.10. The van der Waals surface area contributed by atoms with Gasteiger partial charge in [0.2, 0.25) is 5.95 Å². The third-order valence-electron chi connectivity index (χ3n) is 4.55. The van der Waals surface area contributed by atoms with Crippen molar-refractivity contribution < 1.29 is 0 Å². The summed E-state index contributed by atoms with van der Waals surface area (Å²) >= 11 is 0. The first kappa shape index (κ1) is 16.6. The number of anilines is 2. The predicted molar refractivity (Wildman–Crippen MR) is 97.7 cm³/mol. The van der Waals surface area contributed by atoms with Gasteiger partial charge in [0.1, 0.15) is 11.6 Å². The molecule has 3 aromatic heterocycles. The van der Waals surface area contributed by atoms with E-state index in [0.29, 0.717) is 5.95 Å². The Morgan fingerprint density at radius 2 is 2.08 bits per heavy atom. The molecule has 0 amide bonds. The highest BCUT2D eigenvalue weighted by Gasteiger charge is 2.26. The summed E-state index contributed by atoms with van der Waals surface area (Å²) in [6.45, 7) is 3.82. The Bertz CT molecular complexity index is 834. The van der Waals surface area contributed by atoms with Crippen LogP contribution in [0.4, 0.5) is 11.8 Å². The van der Waals surface area contributed by atoms with Crippen molar-refractivity contribution in [2.75, 3.05) is 11.9 Å². The van der Waals surface area contributed by atoms with Crippen molar-refractivity contribution in [2.24, 2.45) is 0 Å². The average Bonchev–Trinajstić information content (AvgIpc) is 3.16. The molecule has 0 spiro atoms. The molecule has 0 bridgehead atoms. The third kappa shape index (κ3) is 3.85. The Morgan fingerprint density at radius 3 is 2.88 bits per heavy atom. The zero-order chi connectivity index (χ0) is 17.8. The molecule has 0 unspecified atom stereocenters. The number of aryl methyl sites for hydroxylation is 1. The van der Waals surface area contributed by atoms with E-state index in [1.165, 1.54) is 12.8 Å². The highest BCUT2D eigenvalue weighted by atomic mass is 15.2. The number of rotatable bonds is 5. The van der Waals surface area contributed by atoms with E-state index in [4.69, 9.17) is 4.98 Å². The molecule has 4 rings (SSSR count). The number of aromatic nitrogens is 6. The Hall–Kier alpha value is -2.87. The predicted octanol–water partition coefficient (Wildman–Crippen LogP) is 2.77. The maximum atomic E-state index is 4.72. The van der Waals surface area contributed by atoms with E-state index in [0.717, 1.165) is 42.5 Å². The first-order valence-corrected chi connectivity index (χ1v) is 8.90. The average molecular weight is 350 g/mol. The van der Waals surface area contributed by atoms with E-state index < -0.39 is 0 Å². The molecule has 1 aliphatic rings. The van der Waals surface area contributed by atoms with Crippen LogP contribution in [-0.2, 0) is 6.54 Å². The lowest BCUT2D eigenvalue weighted by atomic mass is 9.98. The van der Waals surface area contributed by atoms with Gasteiger partial charge >= 0.3 is 0 Å². The van der Waals surface area contributed by atoms with Gasteiger partial charge in [-0.05, 0) is 38.4 Å². The normalized spacial score (nSPS) is 18.0. The molecular formula is C18H22N8. The van der Waals surface area contributed by atoms with Crippen molar-refractivity contribution in [2.45, 2.75) is 38.8 Å². The van der Waals surface area contributed by atoms with Gasteiger partial charge in [0.05, 0.1) is 11.7 Å². The van der Waals surface area contributed by atoms with Crippen molar-refractivity contribution in [3.8, 4) is 0 Å². The van der Waals surface area contributed by atoms with Crippen molar-refractivity contribution in [3.63, 3.8) is 0 Å². The van der Waals surface area contributed by atoms with Gasteiger partial charge in [-0.2, -0.15) is 5.10 Å². The van der Waals surface area contributed by atoms with Crippen LogP contribution in [0.2, 0.25) is 0 Å². The second-order valence-corrected chi connectivity index (χ2v) is 6.49. The monoisotopic (exact) mass is 350 g/mol. The molecule has 4 heterocycles. The standard InChI is InChI=1S/C18H22N8/c1-13-22-15(11-17(23-13)24-18-19-7-4-8-20-18)16-5-2-3-10-26(16)12-14-6-9-21-25-14/h4,6-9,11,16H,2-3,5,10,12H2,1H3,(H,21,25)(H,19,20,22,23,24)/t16-/m0/s1. The maximum absolute atomic E-state index is 4.72. The number of nitrogens with zero attached hydrogens (tertiary/aromatic N) is 6. The maximum Gasteiger partial charge on any atom is 0.228 e. The number of hydrogen-bond donors (Lipinski definition) is 2. The lowest BCUT2D eigenvalue weighted by molar-refractivity contribution is 0.135. The SMILES string of the molecule is Cc1nc(Nc2ncccn2)cc([C@@H]2CCCCN2Cc2ccn[nH]2)n1. The first-order valence-electron chi connectivity index (χ1n) is 8.90. The second kappa shape index (κ2) is 7.57. The molecule has 1 aliphatic heterocycles. The Balaban J connectivity index is 1.58. The van der Waals surface area contributed by atoms with Crippen LogP contribution in [0.25, 0.3) is 0 Å². The minimum atomic E-state index is 0.269. The molecule has 1 fully saturated rings. The molecule has 0 aliphatic carbocycles. The van der Waals surface area contributed by atoms with Crippen molar-refractivity contribution in [1.82, 2.24) is 35.0 Å². The smallest absolute Gasteiger partial charge is 0.228 e. The van der Waals surface area contributed by atoms with Crippen molar-refractivity contribution in [3.05, 3.63) is 54.0 Å². The lowest BCUT2D eigenvalue weighted by Gasteiger charge is -2.35. The Labute approximate surface area is 152 Å². The van der Waals surface area contributed by atoms with Crippen LogP contribution < -0.4 is 5.32 Å². The van der Waals surface area contributed by atoms with E-state index in [9.17, 15) is 0 Å². The van der Waals surface area contributed by atoms with Crippen LogP contribution in [0.1, 0.15) is 42.5 Å². The van der Waals surface area contributed by atoms with E-state index in [1.54, 1.807) is 24.7 Å². The zero-order valence-corrected chi connectivity index (χ0v) is 14.8. The number of piperidine rings is 1. The van der Waals surface area contributed by atoms with E-state index in [1.807, 2.05) is 19.1 Å². The lowest BCUT2D eigenvalue weighted by Crippen LogP contribution is -2.33. The summed E-state index contributed by atoms with van der Waals surface area (Å²) in [4.78, 5) is 20.1. The molecule has 134 valence electrons. The van der Waals surface area contributed by atoms with Crippen LogP contribution in [0, 0.1) is 6.92 Å². The van der Waals surface area contributed by atoms with Crippen molar-refractivity contribution in [1.29, 1.82) is 0 Å². The number of hydrogen-bond acceptors (Lipinski definition) is 7. The fourth-order valence-electron chi connectivity index (χ4n) is 3.41. The van der Waals surface area contributed by atoms with E-state index in [-0.39, 0.29) is 6.04 Å². The van der Waals surface area contributed by atoms with Crippen LogP contribution in [0.5, 0.6) is 0 Å². The second-order valence-electron chi connectivity index (χ2n) is 6.49. The molecule has 0 saturated carbocycles. The van der Waals surface area contributed by atoms with Gasteiger partial charge in [-0.3, -0.25) is 10.00 Å². The molecule has 8 heteroatoms. The van der Waals surface area contributed by atoms with E-state index >= 15 is 0 Å². The molecule has 1 saturated heterocycles. The highest BCUT2D eigenvalue weighted by molar-refractivity contribution is 5.48. The molecule has 0 radical (unpaired) electrons. The topological polar surface area (TPSA) is 95.5 Å². The number of likely N-dealkylation sites (tertiary alicyclic amines) is 1. The number of nitrogens with one attached hydrogen (secondary N) is 2. The minimum Gasteiger partial charge on any atom is -0.309 e. The molecular weight excluding hydrogens is 328 g/mol. The molecule has 3 aromatic rings. The molecule has 2 N–H and O–H groups in total. The van der Waals surface area contributed by atoms with Gasteiger partial charge < -0.3 is 5.32 Å². The van der Waals surface area contributed by atoms with E-state index in [2.05, 4.69) is 35.4 Å².